The topological polar surface area (TPSA) is 41.1 Å². The van der Waals surface area contributed by atoms with Crippen LogP contribution in [-0.2, 0) is 4.79 Å². The van der Waals surface area contributed by atoms with Crippen molar-refractivity contribution in [2.75, 3.05) is 13.1 Å². The smallest absolute Gasteiger partial charge is 0.241 e. The van der Waals surface area contributed by atoms with Gasteiger partial charge in [0.25, 0.3) is 0 Å². The minimum Gasteiger partial charge on any atom is -0.353 e. The molecule has 0 aliphatic carbocycles. The summed E-state index contributed by atoms with van der Waals surface area (Å²) >= 11 is 3.36. The Kier molecular flexibility index (Phi) is 2.84. The lowest BCUT2D eigenvalue weighted by molar-refractivity contribution is -0.124. The zero-order valence-corrected chi connectivity index (χ0v) is 9.17. The van der Waals surface area contributed by atoms with E-state index in [1.807, 2.05) is 24.3 Å². The maximum absolute atomic E-state index is 11.5. The number of piperazine rings is 1. The molecule has 0 saturated carbocycles. The van der Waals surface area contributed by atoms with Gasteiger partial charge in [0.05, 0.1) is 0 Å². The standard InChI is InChI=1S/C10H11BrN2O/c11-8-3-1-7(2-4-8)9-10(14)13-6-5-12-9/h1-4,9,12H,5-6H2,(H,13,14). The second-order valence-corrected chi connectivity index (χ2v) is 4.15. The molecule has 0 radical (unpaired) electrons. The Labute approximate surface area is 91.0 Å². The molecule has 0 bridgehead atoms. The van der Waals surface area contributed by atoms with E-state index in [0.29, 0.717) is 6.54 Å². The van der Waals surface area contributed by atoms with E-state index in [9.17, 15) is 4.79 Å². The molecule has 0 aromatic heterocycles. The average Bonchev–Trinajstić information content (AvgIpc) is 2.20. The van der Waals surface area contributed by atoms with Gasteiger partial charge in [0.2, 0.25) is 5.91 Å². The highest BCUT2D eigenvalue weighted by molar-refractivity contribution is 9.10. The summed E-state index contributed by atoms with van der Waals surface area (Å²) in [5.41, 5.74) is 1.01. The zero-order valence-electron chi connectivity index (χ0n) is 7.59. The maximum atomic E-state index is 11.5. The van der Waals surface area contributed by atoms with Crippen molar-refractivity contribution < 1.29 is 4.79 Å². The van der Waals surface area contributed by atoms with Gasteiger partial charge < -0.3 is 10.6 Å². The van der Waals surface area contributed by atoms with E-state index in [4.69, 9.17) is 0 Å². The average molecular weight is 255 g/mol. The monoisotopic (exact) mass is 254 g/mol. The summed E-state index contributed by atoms with van der Waals surface area (Å²) in [6.45, 7) is 1.54. The van der Waals surface area contributed by atoms with Gasteiger partial charge >= 0.3 is 0 Å². The van der Waals surface area contributed by atoms with Crippen molar-refractivity contribution in [1.82, 2.24) is 10.6 Å². The fraction of sp³-hybridized carbons (Fsp3) is 0.300. The highest BCUT2D eigenvalue weighted by Crippen LogP contribution is 2.17. The molecule has 1 aliphatic heterocycles. The molecular weight excluding hydrogens is 244 g/mol. The summed E-state index contributed by atoms with van der Waals surface area (Å²) in [7, 11) is 0. The van der Waals surface area contributed by atoms with Crippen LogP contribution in [0.3, 0.4) is 0 Å². The predicted molar refractivity (Wildman–Crippen MR) is 57.9 cm³/mol. The molecule has 1 aromatic rings. The van der Waals surface area contributed by atoms with Gasteiger partial charge in [0, 0.05) is 17.6 Å². The van der Waals surface area contributed by atoms with Crippen molar-refractivity contribution in [1.29, 1.82) is 0 Å². The minimum absolute atomic E-state index is 0.0542. The van der Waals surface area contributed by atoms with Crippen molar-refractivity contribution in [3.8, 4) is 0 Å². The Morgan fingerprint density at radius 2 is 1.93 bits per heavy atom. The lowest BCUT2D eigenvalue weighted by Gasteiger charge is -2.23. The van der Waals surface area contributed by atoms with E-state index < -0.39 is 0 Å². The SMILES string of the molecule is O=C1NCCNC1c1ccc(Br)cc1. The van der Waals surface area contributed by atoms with Gasteiger partial charge in [-0.25, -0.2) is 0 Å². The largest absolute Gasteiger partial charge is 0.353 e. The third kappa shape index (κ3) is 1.96. The first-order valence-corrected chi connectivity index (χ1v) is 5.33. The maximum Gasteiger partial charge on any atom is 0.241 e. The van der Waals surface area contributed by atoms with Crippen LogP contribution in [0.2, 0.25) is 0 Å². The van der Waals surface area contributed by atoms with Gasteiger partial charge in [-0.05, 0) is 17.7 Å². The quantitative estimate of drug-likeness (QED) is 0.792. The van der Waals surface area contributed by atoms with Gasteiger partial charge in [-0.2, -0.15) is 0 Å². The van der Waals surface area contributed by atoms with E-state index in [0.717, 1.165) is 16.6 Å². The highest BCUT2D eigenvalue weighted by Gasteiger charge is 2.22. The van der Waals surface area contributed by atoms with Crippen molar-refractivity contribution in [2.24, 2.45) is 0 Å². The van der Waals surface area contributed by atoms with Crippen molar-refractivity contribution in [3.63, 3.8) is 0 Å². The Bertz CT molecular complexity index is 336. The van der Waals surface area contributed by atoms with E-state index in [1.165, 1.54) is 0 Å². The summed E-state index contributed by atoms with van der Waals surface area (Å²) in [5, 5.41) is 6.01. The fourth-order valence-electron chi connectivity index (χ4n) is 1.52. The first-order valence-electron chi connectivity index (χ1n) is 4.54. The second kappa shape index (κ2) is 4.11. The van der Waals surface area contributed by atoms with Crippen LogP contribution in [0.15, 0.2) is 28.7 Å². The number of nitrogens with one attached hydrogen (secondary N) is 2. The molecule has 14 heavy (non-hydrogen) atoms. The molecule has 74 valence electrons. The predicted octanol–water partition coefficient (Wildman–Crippen LogP) is 1.21. The first kappa shape index (κ1) is 9.68. The summed E-state index contributed by atoms with van der Waals surface area (Å²) in [6, 6.07) is 7.59. The van der Waals surface area contributed by atoms with Gasteiger partial charge in [-0.15, -0.1) is 0 Å². The van der Waals surface area contributed by atoms with Crippen LogP contribution in [0.25, 0.3) is 0 Å². The van der Waals surface area contributed by atoms with E-state index in [-0.39, 0.29) is 11.9 Å². The fourth-order valence-corrected chi connectivity index (χ4v) is 1.79. The number of amides is 1. The van der Waals surface area contributed by atoms with Crippen LogP contribution in [-0.4, -0.2) is 19.0 Å². The molecular formula is C10H11BrN2O. The van der Waals surface area contributed by atoms with Gasteiger partial charge in [-0.3, -0.25) is 4.79 Å². The summed E-state index contributed by atoms with van der Waals surface area (Å²) in [5.74, 6) is 0.0542. The molecule has 4 heteroatoms. The molecule has 2 rings (SSSR count). The molecule has 1 fully saturated rings. The molecule has 1 aliphatic rings. The van der Waals surface area contributed by atoms with Crippen LogP contribution in [0.5, 0.6) is 0 Å². The molecule has 1 heterocycles. The Morgan fingerprint density at radius 1 is 1.21 bits per heavy atom. The summed E-state index contributed by atoms with van der Waals surface area (Å²) in [6.07, 6.45) is 0. The highest BCUT2D eigenvalue weighted by atomic mass is 79.9. The number of benzene rings is 1. The number of hydrogen-bond acceptors (Lipinski definition) is 2. The van der Waals surface area contributed by atoms with Gasteiger partial charge in [-0.1, -0.05) is 28.1 Å². The van der Waals surface area contributed by atoms with Gasteiger partial charge in [0.15, 0.2) is 0 Å². The van der Waals surface area contributed by atoms with E-state index in [2.05, 4.69) is 26.6 Å². The summed E-state index contributed by atoms with van der Waals surface area (Å²) in [4.78, 5) is 11.5. The number of carbonyl (C=O) groups is 1. The molecule has 0 spiro atoms. The lowest BCUT2D eigenvalue weighted by atomic mass is 10.1. The molecule has 1 saturated heterocycles. The Balaban J connectivity index is 2.20. The summed E-state index contributed by atoms with van der Waals surface area (Å²) < 4.78 is 1.03. The number of halogens is 1. The minimum atomic E-state index is -0.197. The molecule has 1 atom stereocenters. The Hall–Kier alpha value is -0.870. The number of rotatable bonds is 1. The molecule has 1 unspecified atom stereocenters. The van der Waals surface area contributed by atoms with Crippen LogP contribution in [0.1, 0.15) is 11.6 Å². The second-order valence-electron chi connectivity index (χ2n) is 3.23. The van der Waals surface area contributed by atoms with Crippen LogP contribution in [0.4, 0.5) is 0 Å². The van der Waals surface area contributed by atoms with E-state index >= 15 is 0 Å². The van der Waals surface area contributed by atoms with Crippen LogP contribution < -0.4 is 10.6 Å². The lowest BCUT2D eigenvalue weighted by Crippen LogP contribution is -2.47. The zero-order chi connectivity index (χ0) is 9.97. The Morgan fingerprint density at radius 3 is 2.57 bits per heavy atom. The molecule has 3 nitrogen and oxygen atoms in total. The third-order valence-corrected chi connectivity index (χ3v) is 2.77. The van der Waals surface area contributed by atoms with Crippen molar-refractivity contribution in [2.45, 2.75) is 6.04 Å². The molecule has 1 aromatic carbocycles. The van der Waals surface area contributed by atoms with E-state index in [1.54, 1.807) is 0 Å². The first-order chi connectivity index (χ1) is 6.77. The molecule has 1 amide bonds. The van der Waals surface area contributed by atoms with Crippen LogP contribution in [0, 0.1) is 0 Å². The van der Waals surface area contributed by atoms with Crippen molar-refractivity contribution in [3.05, 3.63) is 34.3 Å². The molecule has 2 N–H and O–H groups in total. The van der Waals surface area contributed by atoms with Crippen LogP contribution >= 0.6 is 15.9 Å². The normalized spacial score (nSPS) is 21.8. The van der Waals surface area contributed by atoms with Gasteiger partial charge in [0.1, 0.15) is 6.04 Å². The third-order valence-electron chi connectivity index (χ3n) is 2.24. The number of carbonyl (C=O) groups excluding carboxylic acids is 1. The van der Waals surface area contributed by atoms with Crippen molar-refractivity contribution >= 4 is 21.8 Å². The number of hydrogen-bond donors (Lipinski definition) is 2.